The molecule has 4 amide bonds. The molecule has 2 aromatic rings. The van der Waals surface area contributed by atoms with Gasteiger partial charge < -0.3 is 10.6 Å². The highest BCUT2D eigenvalue weighted by Gasteiger charge is 2.55. The molecule has 6 nitrogen and oxygen atoms in total. The van der Waals surface area contributed by atoms with Gasteiger partial charge in [-0.3, -0.25) is 14.5 Å². The number of rotatable bonds is 7. The molecular weight excluding hydrogens is 402 g/mol. The minimum atomic E-state index is -1.04. The zero-order valence-corrected chi connectivity index (χ0v) is 19.0. The Hall–Kier alpha value is -3.15. The summed E-state index contributed by atoms with van der Waals surface area (Å²) in [5.74, 6) is -0.520. The van der Waals surface area contributed by atoms with Gasteiger partial charge >= 0.3 is 6.03 Å². The fraction of sp³-hybridized carbons (Fsp3) is 0.423. The summed E-state index contributed by atoms with van der Waals surface area (Å²) in [6, 6.07) is 15.3. The topological polar surface area (TPSA) is 78.5 Å². The van der Waals surface area contributed by atoms with Crippen LogP contribution in [0, 0.1) is 5.92 Å². The van der Waals surface area contributed by atoms with E-state index in [9.17, 15) is 14.4 Å². The SMILES string of the molecule is CCCc1ccc(C(NC(=O)CN2C(=O)NC3(CCc4ccccc43)C2=O)C(C)C)cc1. The number of amides is 4. The Labute approximate surface area is 189 Å². The van der Waals surface area contributed by atoms with E-state index in [1.54, 1.807) is 0 Å². The van der Waals surface area contributed by atoms with Gasteiger partial charge in [-0.1, -0.05) is 75.7 Å². The highest BCUT2D eigenvalue weighted by atomic mass is 16.2. The minimum Gasteiger partial charge on any atom is -0.347 e. The predicted octanol–water partition coefficient (Wildman–Crippen LogP) is 3.85. The molecule has 2 atom stereocenters. The number of carbonyl (C=O) groups is 3. The number of benzene rings is 2. The van der Waals surface area contributed by atoms with Gasteiger partial charge in [-0.15, -0.1) is 0 Å². The summed E-state index contributed by atoms with van der Waals surface area (Å²) >= 11 is 0. The third kappa shape index (κ3) is 3.90. The van der Waals surface area contributed by atoms with Crippen LogP contribution in [0.15, 0.2) is 48.5 Å². The van der Waals surface area contributed by atoms with Gasteiger partial charge in [0.2, 0.25) is 5.91 Å². The van der Waals surface area contributed by atoms with Crippen LogP contribution in [0.25, 0.3) is 0 Å². The van der Waals surface area contributed by atoms with Gasteiger partial charge in [0.05, 0.1) is 6.04 Å². The Morgan fingerprint density at radius 2 is 1.84 bits per heavy atom. The molecule has 1 saturated heterocycles. The molecule has 1 aliphatic carbocycles. The lowest BCUT2D eigenvalue weighted by atomic mass is 9.92. The number of imide groups is 1. The van der Waals surface area contributed by atoms with E-state index in [0.29, 0.717) is 6.42 Å². The number of hydrogen-bond acceptors (Lipinski definition) is 3. The maximum absolute atomic E-state index is 13.3. The Morgan fingerprint density at radius 3 is 2.53 bits per heavy atom. The molecule has 6 heteroatoms. The van der Waals surface area contributed by atoms with E-state index in [-0.39, 0.29) is 30.3 Å². The molecule has 1 fully saturated rings. The molecule has 0 bridgehead atoms. The molecule has 2 N–H and O–H groups in total. The van der Waals surface area contributed by atoms with Crippen LogP contribution < -0.4 is 10.6 Å². The van der Waals surface area contributed by atoms with Crippen molar-refractivity contribution in [3.63, 3.8) is 0 Å². The van der Waals surface area contributed by atoms with Crippen molar-refractivity contribution in [3.05, 3.63) is 70.8 Å². The summed E-state index contributed by atoms with van der Waals surface area (Å²) in [4.78, 5) is 39.9. The maximum Gasteiger partial charge on any atom is 0.325 e. The first-order valence-corrected chi connectivity index (χ1v) is 11.5. The van der Waals surface area contributed by atoms with Crippen LogP contribution >= 0.6 is 0 Å². The van der Waals surface area contributed by atoms with Gasteiger partial charge in [0.25, 0.3) is 5.91 Å². The smallest absolute Gasteiger partial charge is 0.325 e. The predicted molar refractivity (Wildman–Crippen MR) is 123 cm³/mol. The minimum absolute atomic E-state index is 0.159. The lowest BCUT2D eigenvalue weighted by Crippen LogP contribution is -2.44. The second kappa shape index (κ2) is 8.77. The van der Waals surface area contributed by atoms with Crippen molar-refractivity contribution >= 4 is 17.8 Å². The summed E-state index contributed by atoms with van der Waals surface area (Å²) in [5, 5.41) is 5.91. The molecule has 0 aromatic heterocycles. The van der Waals surface area contributed by atoms with Gasteiger partial charge in [-0.05, 0) is 47.4 Å². The van der Waals surface area contributed by atoms with Crippen LogP contribution in [0.4, 0.5) is 4.79 Å². The van der Waals surface area contributed by atoms with Crippen LogP contribution in [-0.4, -0.2) is 29.3 Å². The molecular formula is C26H31N3O3. The molecule has 2 aromatic carbocycles. The van der Waals surface area contributed by atoms with E-state index in [2.05, 4.69) is 29.7 Å². The quantitative estimate of drug-likeness (QED) is 0.651. The molecule has 1 spiro atoms. The van der Waals surface area contributed by atoms with Crippen molar-refractivity contribution < 1.29 is 14.4 Å². The van der Waals surface area contributed by atoms with E-state index < -0.39 is 11.6 Å². The van der Waals surface area contributed by atoms with E-state index >= 15 is 0 Å². The number of fused-ring (bicyclic) bond motifs is 2. The molecule has 0 saturated carbocycles. The van der Waals surface area contributed by atoms with Crippen molar-refractivity contribution in [2.45, 2.75) is 58.0 Å². The first kappa shape index (κ1) is 22.1. The second-order valence-corrected chi connectivity index (χ2v) is 9.16. The average molecular weight is 434 g/mol. The van der Waals surface area contributed by atoms with E-state index in [1.807, 2.05) is 50.2 Å². The van der Waals surface area contributed by atoms with Crippen LogP contribution in [-0.2, 0) is 28.0 Å². The monoisotopic (exact) mass is 433 g/mol. The summed E-state index contributed by atoms with van der Waals surface area (Å²) < 4.78 is 0. The molecule has 1 heterocycles. The number of urea groups is 1. The largest absolute Gasteiger partial charge is 0.347 e. The van der Waals surface area contributed by atoms with Gasteiger partial charge in [0, 0.05) is 0 Å². The van der Waals surface area contributed by atoms with Crippen LogP contribution in [0.1, 0.15) is 61.9 Å². The molecule has 0 radical (unpaired) electrons. The normalized spacial score (nSPS) is 20.6. The zero-order chi connectivity index (χ0) is 22.9. The summed E-state index contributed by atoms with van der Waals surface area (Å²) in [6.07, 6.45) is 3.36. The number of aryl methyl sites for hydroxylation is 2. The highest BCUT2D eigenvalue weighted by molar-refractivity contribution is 6.09. The number of nitrogens with one attached hydrogen (secondary N) is 2. The maximum atomic E-state index is 13.3. The van der Waals surface area contributed by atoms with E-state index in [4.69, 9.17) is 0 Å². The lowest BCUT2D eigenvalue weighted by molar-refractivity contribution is -0.135. The molecule has 4 rings (SSSR count). The average Bonchev–Trinajstić information content (AvgIpc) is 3.26. The fourth-order valence-corrected chi connectivity index (χ4v) is 4.91. The Balaban J connectivity index is 1.47. The van der Waals surface area contributed by atoms with Crippen molar-refractivity contribution in [2.75, 3.05) is 6.54 Å². The van der Waals surface area contributed by atoms with Crippen LogP contribution in [0.2, 0.25) is 0 Å². The second-order valence-electron chi connectivity index (χ2n) is 9.16. The Morgan fingerprint density at radius 1 is 1.12 bits per heavy atom. The Bertz CT molecular complexity index is 1030. The Kier molecular flexibility index (Phi) is 6.04. The molecule has 2 unspecified atom stereocenters. The first-order chi connectivity index (χ1) is 15.4. The number of hydrogen-bond donors (Lipinski definition) is 2. The fourth-order valence-electron chi connectivity index (χ4n) is 4.91. The summed E-state index contributed by atoms with van der Waals surface area (Å²) in [5.41, 5.74) is 3.16. The molecule has 32 heavy (non-hydrogen) atoms. The lowest BCUT2D eigenvalue weighted by Gasteiger charge is -2.25. The van der Waals surface area contributed by atoms with Crippen molar-refractivity contribution in [2.24, 2.45) is 5.92 Å². The van der Waals surface area contributed by atoms with Crippen LogP contribution in [0.3, 0.4) is 0 Å². The van der Waals surface area contributed by atoms with Crippen molar-refractivity contribution in [1.29, 1.82) is 0 Å². The van der Waals surface area contributed by atoms with Gasteiger partial charge in [-0.25, -0.2) is 4.79 Å². The van der Waals surface area contributed by atoms with Gasteiger partial charge in [0.1, 0.15) is 12.1 Å². The van der Waals surface area contributed by atoms with Crippen molar-refractivity contribution in [1.82, 2.24) is 15.5 Å². The highest BCUT2D eigenvalue weighted by Crippen LogP contribution is 2.41. The van der Waals surface area contributed by atoms with Gasteiger partial charge in [-0.2, -0.15) is 0 Å². The number of nitrogens with zero attached hydrogens (tertiary/aromatic N) is 1. The van der Waals surface area contributed by atoms with E-state index in [0.717, 1.165) is 40.9 Å². The summed E-state index contributed by atoms with van der Waals surface area (Å²) in [7, 11) is 0. The van der Waals surface area contributed by atoms with Crippen molar-refractivity contribution in [3.8, 4) is 0 Å². The van der Waals surface area contributed by atoms with Gasteiger partial charge in [0.15, 0.2) is 0 Å². The third-order valence-corrected chi connectivity index (χ3v) is 6.58. The summed E-state index contributed by atoms with van der Waals surface area (Å²) in [6.45, 7) is 5.95. The first-order valence-electron chi connectivity index (χ1n) is 11.5. The van der Waals surface area contributed by atoms with Crippen LogP contribution in [0.5, 0.6) is 0 Å². The molecule has 168 valence electrons. The zero-order valence-electron chi connectivity index (χ0n) is 19.0. The molecule has 2 aliphatic rings. The number of carbonyl (C=O) groups excluding carboxylic acids is 3. The molecule has 1 aliphatic heterocycles. The van der Waals surface area contributed by atoms with E-state index in [1.165, 1.54) is 5.56 Å². The third-order valence-electron chi connectivity index (χ3n) is 6.58. The standard InChI is InChI=1S/C26H31N3O3/c1-4-7-18-10-12-20(13-11-18)23(17(2)3)27-22(30)16-29-24(31)26(28-25(29)32)15-14-19-8-5-6-9-21(19)26/h5-6,8-13,17,23H,4,7,14-16H2,1-3H3,(H,27,30)(H,28,32).